The van der Waals surface area contributed by atoms with E-state index in [1.54, 1.807) is 11.0 Å². The maximum Gasteiger partial charge on any atom is 0.264 e. The number of anilines is 1. The van der Waals surface area contributed by atoms with Crippen molar-refractivity contribution in [1.82, 2.24) is 4.98 Å². The van der Waals surface area contributed by atoms with Gasteiger partial charge in [-0.1, -0.05) is 55.3 Å². The number of carbonyl (C=O) groups excluding carboxylic acids is 1. The number of carbonyl (C=O) groups is 1. The largest absolute Gasteiger partial charge is 0.275 e. The van der Waals surface area contributed by atoms with E-state index in [-0.39, 0.29) is 11.3 Å². The minimum atomic E-state index is -0.114. The van der Waals surface area contributed by atoms with Gasteiger partial charge in [-0.3, -0.25) is 14.7 Å². The molecular weight excluding hydrogens is 379 g/mol. The van der Waals surface area contributed by atoms with Crippen LogP contribution in [-0.2, 0) is 6.42 Å². The molecule has 5 rings (SSSR count). The lowest BCUT2D eigenvalue weighted by molar-refractivity contribution is 0.101. The summed E-state index contributed by atoms with van der Waals surface area (Å²) < 4.78 is 0. The number of pyridine rings is 1. The molecule has 0 N–H and O–H groups in total. The van der Waals surface area contributed by atoms with Crippen molar-refractivity contribution in [3.05, 3.63) is 75.4 Å². The van der Waals surface area contributed by atoms with Crippen LogP contribution in [0.1, 0.15) is 35.5 Å². The summed E-state index contributed by atoms with van der Waals surface area (Å²) in [4.78, 5) is 20.2. The third kappa shape index (κ3) is 2.42. The van der Waals surface area contributed by atoms with E-state index in [0.29, 0.717) is 21.3 Å². The second kappa shape index (κ2) is 5.57. The van der Waals surface area contributed by atoms with Crippen LogP contribution in [-0.4, -0.2) is 10.9 Å². The second-order valence-electron chi connectivity index (χ2n) is 7.76. The molecule has 0 saturated carbocycles. The molecular formula is C22H16Cl2N2O. The normalized spacial score (nSPS) is 17.3. The maximum absolute atomic E-state index is 13.6. The van der Waals surface area contributed by atoms with E-state index < -0.39 is 0 Å². The molecule has 2 heterocycles. The average molecular weight is 395 g/mol. The van der Waals surface area contributed by atoms with Crippen LogP contribution >= 0.6 is 23.2 Å². The summed E-state index contributed by atoms with van der Waals surface area (Å²) in [6, 6.07) is 12.9. The monoisotopic (exact) mass is 394 g/mol. The summed E-state index contributed by atoms with van der Waals surface area (Å²) in [6.07, 6.45) is 2.94. The lowest BCUT2D eigenvalue weighted by atomic mass is 9.79. The molecule has 0 spiro atoms. The van der Waals surface area contributed by atoms with Crippen LogP contribution in [0.5, 0.6) is 0 Å². The number of para-hydroxylation sites is 1. The van der Waals surface area contributed by atoms with Gasteiger partial charge in [0.05, 0.1) is 33.2 Å². The topological polar surface area (TPSA) is 33.2 Å². The Balaban J connectivity index is 1.88. The number of benzene rings is 2. The van der Waals surface area contributed by atoms with Gasteiger partial charge in [0.2, 0.25) is 0 Å². The zero-order valence-electron chi connectivity index (χ0n) is 14.9. The highest BCUT2D eigenvalue weighted by molar-refractivity contribution is 6.37. The Morgan fingerprint density at radius 2 is 1.85 bits per heavy atom. The van der Waals surface area contributed by atoms with Gasteiger partial charge in [-0.15, -0.1) is 0 Å². The molecule has 0 bridgehead atoms. The Labute approximate surface area is 167 Å². The molecule has 134 valence electrons. The van der Waals surface area contributed by atoms with E-state index in [9.17, 15) is 4.79 Å². The van der Waals surface area contributed by atoms with E-state index in [1.165, 1.54) is 0 Å². The first-order chi connectivity index (χ1) is 12.9. The Morgan fingerprint density at radius 1 is 1.07 bits per heavy atom. The van der Waals surface area contributed by atoms with Crippen molar-refractivity contribution in [2.24, 2.45) is 5.41 Å². The van der Waals surface area contributed by atoms with Crippen molar-refractivity contribution in [2.75, 3.05) is 4.90 Å². The fourth-order valence-electron chi connectivity index (χ4n) is 4.11. The van der Waals surface area contributed by atoms with E-state index in [4.69, 9.17) is 28.2 Å². The Hall–Kier alpha value is -2.36. The summed E-state index contributed by atoms with van der Waals surface area (Å²) >= 11 is 12.7. The fraction of sp³-hybridized carbons (Fsp3) is 0.182. The average Bonchev–Trinajstić information content (AvgIpc) is 2.88. The van der Waals surface area contributed by atoms with Gasteiger partial charge in [0.15, 0.2) is 0 Å². The van der Waals surface area contributed by atoms with Crippen LogP contribution in [0.4, 0.5) is 5.69 Å². The fourth-order valence-corrected chi connectivity index (χ4v) is 4.50. The van der Waals surface area contributed by atoms with Gasteiger partial charge in [0.1, 0.15) is 0 Å². The Kier molecular flexibility index (Phi) is 3.46. The predicted molar refractivity (Wildman–Crippen MR) is 110 cm³/mol. The molecule has 3 nitrogen and oxygen atoms in total. The van der Waals surface area contributed by atoms with Crippen LogP contribution in [0.25, 0.3) is 16.6 Å². The van der Waals surface area contributed by atoms with Crippen molar-refractivity contribution < 1.29 is 4.79 Å². The van der Waals surface area contributed by atoms with E-state index in [1.807, 2.05) is 36.4 Å². The van der Waals surface area contributed by atoms with Crippen LogP contribution in [0, 0.1) is 5.41 Å². The zero-order chi connectivity index (χ0) is 18.9. The molecule has 0 unspecified atom stereocenters. The molecule has 5 heteroatoms. The van der Waals surface area contributed by atoms with Crippen LogP contribution in [0.3, 0.4) is 0 Å². The molecule has 0 saturated heterocycles. The molecule has 2 aliphatic rings. The predicted octanol–water partition coefficient (Wildman–Crippen LogP) is 6.13. The zero-order valence-corrected chi connectivity index (χ0v) is 16.4. The van der Waals surface area contributed by atoms with Crippen LogP contribution < -0.4 is 4.90 Å². The van der Waals surface area contributed by atoms with Gasteiger partial charge < -0.3 is 0 Å². The quantitative estimate of drug-likeness (QED) is 0.497. The minimum Gasteiger partial charge on any atom is -0.275 e. The van der Waals surface area contributed by atoms with Gasteiger partial charge >= 0.3 is 0 Å². The van der Waals surface area contributed by atoms with Gasteiger partial charge in [-0.05, 0) is 42.2 Å². The standard InChI is InChI=1S/C22H16Cl2N2O/c1-22(2)10-16-20-18(11-22)26(17-6-4-3-5-14(17)24)21(27)19(20)13-9-12(23)7-8-15(13)25-16/h3-9,11H,10H2,1-2H3. The molecule has 0 fully saturated rings. The molecule has 0 radical (unpaired) electrons. The summed E-state index contributed by atoms with van der Waals surface area (Å²) in [6.45, 7) is 4.31. The number of aromatic nitrogens is 1. The molecule has 27 heavy (non-hydrogen) atoms. The van der Waals surface area contributed by atoms with Crippen molar-refractivity contribution in [1.29, 1.82) is 0 Å². The Morgan fingerprint density at radius 3 is 2.63 bits per heavy atom. The number of rotatable bonds is 1. The minimum absolute atomic E-state index is 0.0852. The summed E-state index contributed by atoms with van der Waals surface area (Å²) in [5.41, 5.74) is 4.75. The lowest BCUT2D eigenvalue weighted by Gasteiger charge is -2.30. The number of halogens is 2. The van der Waals surface area contributed by atoms with E-state index >= 15 is 0 Å². The highest BCUT2D eigenvalue weighted by atomic mass is 35.5. The number of hydrogen-bond acceptors (Lipinski definition) is 2. The van der Waals surface area contributed by atoms with E-state index in [0.717, 1.165) is 34.3 Å². The number of hydrogen-bond donors (Lipinski definition) is 0. The first kappa shape index (κ1) is 16.8. The maximum atomic E-state index is 13.6. The molecule has 0 atom stereocenters. The van der Waals surface area contributed by atoms with Crippen LogP contribution in [0.2, 0.25) is 10.0 Å². The molecule has 1 aliphatic heterocycles. The SMILES string of the molecule is CC1(C)C=C2c3c(nc4ccc(Cl)cc4c3C(=O)N2c2ccccc2Cl)C1. The number of fused-ring (bicyclic) bond motifs is 2. The number of allylic oxidation sites excluding steroid dienone is 1. The highest BCUT2D eigenvalue weighted by Crippen LogP contribution is 2.48. The van der Waals surface area contributed by atoms with Gasteiger partial charge in [0.25, 0.3) is 5.91 Å². The first-order valence-electron chi connectivity index (χ1n) is 8.80. The van der Waals surface area contributed by atoms with Crippen molar-refractivity contribution in [2.45, 2.75) is 20.3 Å². The molecule has 1 aromatic heterocycles. The summed E-state index contributed by atoms with van der Waals surface area (Å²) in [7, 11) is 0. The highest BCUT2D eigenvalue weighted by Gasteiger charge is 2.42. The summed E-state index contributed by atoms with van der Waals surface area (Å²) in [5.74, 6) is -0.0852. The van der Waals surface area contributed by atoms with E-state index in [2.05, 4.69) is 19.9 Å². The third-order valence-electron chi connectivity index (χ3n) is 5.18. The lowest BCUT2D eigenvalue weighted by Crippen LogP contribution is -2.26. The van der Waals surface area contributed by atoms with Gasteiger partial charge in [0, 0.05) is 16.0 Å². The molecule has 2 aromatic carbocycles. The second-order valence-corrected chi connectivity index (χ2v) is 8.60. The summed E-state index contributed by atoms with van der Waals surface area (Å²) in [5, 5.41) is 1.91. The number of amides is 1. The van der Waals surface area contributed by atoms with Crippen molar-refractivity contribution in [3.8, 4) is 0 Å². The third-order valence-corrected chi connectivity index (χ3v) is 5.73. The van der Waals surface area contributed by atoms with Crippen LogP contribution in [0.15, 0.2) is 48.5 Å². The number of nitrogens with zero attached hydrogens (tertiary/aromatic N) is 2. The first-order valence-corrected chi connectivity index (χ1v) is 9.56. The van der Waals surface area contributed by atoms with Gasteiger partial charge in [-0.25, -0.2) is 0 Å². The van der Waals surface area contributed by atoms with Crippen molar-refractivity contribution >= 4 is 51.4 Å². The molecule has 1 amide bonds. The molecule has 3 aromatic rings. The Bertz CT molecular complexity index is 1180. The van der Waals surface area contributed by atoms with Crippen molar-refractivity contribution in [3.63, 3.8) is 0 Å². The van der Waals surface area contributed by atoms with Gasteiger partial charge in [-0.2, -0.15) is 0 Å². The molecule has 1 aliphatic carbocycles. The smallest absolute Gasteiger partial charge is 0.264 e.